The lowest BCUT2D eigenvalue weighted by atomic mass is 9.85. The minimum Gasteiger partial charge on any atom is -0.376 e. The highest BCUT2D eigenvalue weighted by Crippen LogP contribution is 2.26. The molecular formula is C16H22Br2N4S2. The summed E-state index contributed by atoms with van der Waals surface area (Å²) in [4.78, 5) is 0. The van der Waals surface area contributed by atoms with Crippen molar-refractivity contribution in [2.24, 2.45) is 11.5 Å². The molecule has 2 rings (SSSR count). The lowest BCUT2D eigenvalue weighted by molar-refractivity contribution is 0.439. The molecule has 132 valence electrons. The van der Waals surface area contributed by atoms with Gasteiger partial charge in [0, 0.05) is 5.69 Å². The van der Waals surface area contributed by atoms with Crippen molar-refractivity contribution >= 4 is 74.3 Å². The fourth-order valence-corrected chi connectivity index (χ4v) is 2.91. The van der Waals surface area contributed by atoms with Crippen LogP contribution in [0.1, 0.15) is 18.4 Å². The molecule has 1 unspecified atom stereocenters. The van der Waals surface area contributed by atoms with Crippen LogP contribution in [-0.2, 0) is 6.42 Å². The van der Waals surface area contributed by atoms with E-state index < -0.39 is 0 Å². The molecule has 0 amide bonds. The van der Waals surface area contributed by atoms with Crippen molar-refractivity contribution in [2.75, 3.05) is 5.32 Å². The van der Waals surface area contributed by atoms with E-state index in [-0.39, 0.29) is 44.6 Å². The fourth-order valence-electron chi connectivity index (χ4n) is 2.60. The Morgan fingerprint density at radius 1 is 1.08 bits per heavy atom. The van der Waals surface area contributed by atoms with Gasteiger partial charge in [-0.05, 0) is 55.3 Å². The maximum Gasteiger partial charge on any atom is 0.168 e. The van der Waals surface area contributed by atoms with Crippen molar-refractivity contribution in [1.82, 2.24) is 5.32 Å². The molecule has 0 bridgehead atoms. The number of nitrogens with one attached hydrogen (secondary N) is 2. The molecule has 0 aromatic heterocycles. The lowest BCUT2D eigenvalue weighted by Gasteiger charge is -2.33. The third-order valence-corrected chi connectivity index (χ3v) is 3.84. The number of benzene rings is 1. The van der Waals surface area contributed by atoms with Gasteiger partial charge in [-0.1, -0.05) is 42.5 Å². The maximum atomic E-state index is 5.69. The number of para-hydroxylation sites is 1. The van der Waals surface area contributed by atoms with Crippen LogP contribution in [0, 0.1) is 0 Å². The van der Waals surface area contributed by atoms with E-state index in [1.165, 1.54) is 0 Å². The minimum atomic E-state index is -0.239. The van der Waals surface area contributed by atoms with Crippen LogP contribution in [0.15, 0.2) is 48.6 Å². The van der Waals surface area contributed by atoms with Crippen molar-refractivity contribution in [3.63, 3.8) is 0 Å². The number of thiocarbonyl (C=S) groups is 2. The van der Waals surface area contributed by atoms with Crippen molar-refractivity contribution in [3.8, 4) is 0 Å². The molecule has 1 atom stereocenters. The van der Waals surface area contributed by atoms with Crippen LogP contribution in [0.2, 0.25) is 0 Å². The molecule has 8 heteroatoms. The van der Waals surface area contributed by atoms with Crippen LogP contribution in [0.25, 0.3) is 0 Å². The Hall–Kier alpha value is -0.960. The van der Waals surface area contributed by atoms with Crippen LogP contribution in [-0.4, -0.2) is 15.8 Å². The molecule has 1 aliphatic carbocycles. The molecule has 0 spiro atoms. The Balaban J connectivity index is 0.00000264. The summed E-state index contributed by atoms with van der Waals surface area (Å²) in [5.41, 5.74) is 13.1. The Morgan fingerprint density at radius 2 is 1.79 bits per heavy atom. The third kappa shape index (κ3) is 6.88. The SMILES string of the molecule is Br.Br.NC(=S)Nc1ccccc1CCC1(NC(N)=S)C=CC=CC1. The number of hydrogen-bond donors (Lipinski definition) is 4. The largest absolute Gasteiger partial charge is 0.376 e. The number of allylic oxidation sites excluding steroid dienone is 2. The van der Waals surface area contributed by atoms with Gasteiger partial charge in [0.25, 0.3) is 0 Å². The van der Waals surface area contributed by atoms with E-state index in [0.29, 0.717) is 5.11 Å². The zero-order valence-electron chi connectivity index (χ0n) is 13.0. The van der Waals surface area contributed by atoms with E-state index in [0.717, 1.165) is 30.5 Å². The number of nitrogens with two attached hydrogens (primary N) is 2. The summed E-state index contributed by atoms with van der Waals surface area (Å²) in [7, 11) is 0. The number of hydrogen-bond acceptors (Lipinski definition) is 2. The Morgan fingerprint density at radius 3 is 2.38 bits per heavy atom. The predicted molar refractivity (Wildman–Crippen MR) is 121 cm³/mol. The second-order valence-corrected chi connectivity index (χ2v) is 6.16. The summed E-state index contributed by atoms with van der Waals surface area (Å²) in [5.74, 6) is 0. The van der Waals surface area contributed by atoms with Crippen LogP contribution >= 0.6 is 58.4 Å². The van der Waals surface area contributed by atoms with E-state index in [9.17, 15) is 0 Å². The van der Waals surface area contributed by atoms with Crippen molar-refractivity contribution in [3.05, 3.63) is 54.1 Å². The highest BCUT2D eigenvalue weighted by atomic mass is 79.9. The molecule has 0 heterocycles. The van der Waals surface area contributed by atoms with Gasteiger partial charge >= 0.3 is 0 Å². The highest BCUT2D eigenvalue weighted by molar-refractivity contribution is 8.93. The van der Waals surface area contributed by atoms with E-state index in [4.69, 9.17) is 35.9 Å². The van der Waals surface area contributed by atoms with Gasteiger partial charge in [-0.25, -0.2) is 0 Å². The number of anilines is 1. The van der Waals surface area contributed by atoms with Gasteiger partial charge in [0.1, 0.15) is 0 Å². The van der Waals surface area contributed by atoms with Crippen LogP contribution < -0.4 is 22.1 Å². The molecule has 0 saturated carbocycles. The predicted octanol–water partition coefficient (Wildman–Crippen LogP) is 3.52. The van der Waals surface area contributed by atoms with E-state index in [1.807, 2.05) is 30.4 Å². The first-order valence-electron chi connectivity index (χ1n) is 7.07. The Bertz CT molecular complexity index is 634. The summed E-state index contributed by atoms with van der Waals surface area (Å²) in [6.07, 6.45) is 10.8. The molecule has 1 aliphatic rings. The van der Waals surface area contributed by atoms with E-state index in [1.54, 1.807) is 0 Å². The standard InChI is InChI=1S/C16H20N4S2.2BrH/c17-14(21)19-13-7-3-2-6-12(13)8-11-16(20-15(18)22)9-4-1-5-10-16;;/h1-7,9H,8,10-11H2,(H3,17,19,21)(H3,18,20,22);2*1H. The van der Waals surface area contributed by atoms with Gasteiger partial charge in [0.15, 0.2) is 10.2 Å². The number of halogens is 2. The van der Waals surface area contributed by atoms with E-state index >= 15 is 0 Å². The normalized spacial score (nSPS) is 18.0. The Labute approximate surface area is 174 Å². The lowest BCUT2D eigenvalue weighted by Crippen LogP contribution is -2.49. The summed E-state index contributed by atoms with van der Waals surface area (Å²) >= 11 is 9.95. The summed E-state index contributed by atoms with van der Waals surface area (Å²) in [6.45, 7) is 0. The van der Waals surface area contributed by atoms with Gasteiger partial charge < -0.3 is 22.1 Å². The molecule has 0 fully saturated rings. The quantitative estimate of drug-likeness (QED) is 0.470. The zero-order chi connectivity index (χ0) is 16.0. The Kier molecular flexibility index (Phi) is 10.4. The molecular weight excluding hydrogens is 472 g/mol. The zero-order valence-corrected chi connectivity index (χ0v) is 18.1. The van der Waals surface area contributed by atoms with Crippen molar-refractivity contribution in [2.45, 2.75) is 24.8 Å². The second kappa shape index (κ2) is 10.8. The number of aryl methyl sites for hydroxylation is 1. The van der Waals surface area contributed by atoms with Gasteiger partial charge in [-0.2, -0.15) is 0 Å². The third-order valence-electron chi connectivity index (χ3n) is 3.63. The smallest absolute Gasteiger partial charge is 0.168 e. The average molecular weight is 494 g/mol. The average Bonchev–Trinajstić information content (AvgIpc) is 2.46. The summed E-state index contributed by atoms with van der Waals surface area (Å²) < 4.78 is 0. The van der Waals surface area contributed by atoms with Gasteiger partial charge in [0.2, 0.25) is 0 Å². The van der Waals surface area contributed by atoms with Crippen LogP contribution in [0.3, 0.4) is 0 Å². The molecule has 24 heavy (non-hydrogen) atoms. The van der Waals surface area contributed by atoms with Gasteiger partial charge in [-0.3, -0.25) is 0 Å². The summed E-state index contributed by atoms with van der Waals surface area (Å²) in [5, 5.41) is 6.83. The molecule has 0 aliphatic heterocycles. The van der Waals surface area contributed by atoms with Crippen LogP contribution in [0.4, 0.5) is 5.69 Å². The van der Waals surface area contributed by atoms with Crippen molar-refractivity contribution in [1.29, 1.82) is 0 Å². The van der Waals surface area contributed by atoms with E-state index in [2.05, 4.69) is 28.9 Å². The first kappa shape index (κ1) is 23.0. The molecule has 1 aromatic rings. The minimum absolute atomic E-state index is 0. The monoisotopic (exact) mass is 492 g/mol. The first-order chi connectivity index (χ1) is 10.5. The molecule has 0 saturated heterocycles. The van der Waals surface area contributed by atoms with Crippen LogP contribution in [0.5, 0.6) is 0 Å². The summed E-state index contributed by atoms with van der Waals surface area (Å²) in [6, 6.07) is 8.00. The second-order valence-electron chi connectivity index (χ2n) is 5.28. The first-order valence-corrected chi connectivity index (χ1v) is 7.89. The molecule has 4 nitrogen and oxygen atoms in total. The van der Waals surface area contributed by atoms with Crippen molar-refractivity contribution < 1.29 is 0 Å². The highest BCUT2D eigenvalue weighted by Gasteiger charge is 2.27. The van der Waals surface area contributed by atoms with Gasteiger partial charge in [-0.15, -0.1) is 34.0 Å². The van der Waals surface area contributed by atoms with Gasteiger partial charge in [0.05, 0.1) is 5.54 Å². The number of rotatable bonds is 5. The molecule has 1 aromatic carbocycles. The molecule has 0 radical (unpaired) electrons. The fraction of sp³-hybridized carbons (Fsp3) is 0.250. The molecule has 6 N–H and O–H groups in total. The topological polar surface area (TPSA) is 76.1 Å². The maximum absolute atomic E-state index is 5.69.